The quantitative estimate of drug-likeness (QED) is 0.589. The van der Waals surface area contributed by atoms with Crippen LogP contribution in [0.15, 0.2) is 23.4 Å². The Balaban J connectivity index is 2.81. The fourth-order valence-corrected chi connectivity index (χ4v) is 1.22. The SMILES string of the molecule is CN1C=CC(Cl)=CC1C(=O)Cl. The third-order valence-corrected chi connectivity index (χ3v) is 1.93. The molecule has 2 nitrogen and oxygen atoms in total. The van der Waals surface area contributed by atoms with Crippen molar-refractivity contribution in [3.8, 4) is 0 Å². The zero-order valence-electron chi connectivity index (χ0n) is 5.92. The summed E-state index contributed by atoms with van der Waals surface area (Å²) in [4.78, 5) is 12.4. The molecule has 1 aliphatic rings. The van der Waals surface area contributed by atoms with Gasteiger partial charge in [-0.05, 0) is 23.8 Å². The Morgan fingerprint density at radius 3 is 2.82 bits per heavy atom. The maximum Gasteiger partial charge on any atom is 0.248 e. The van der Waals surface area contributed by atoms with Crippen LogP contribution in [-0.2, 0) is 4.79 Å². The number of likely N-dealkylation sites (N-methyl/N-ethyl adjacent to an activating group) is 1. The van der Waals surface area contributed by atoms with Crippen LogP contribution in [0.3, 0.4) is 0 Å². The molecular formula is C7H7Cl2NO. The van der Waals surface area contributed by atoms with Crippen molar-refractivity contribution < 1.29 is 4.79 Å². The minimum atomic E-state index is -0.422. The van der Waals surface area contributed by atoms with E-state index < -0.39 is 11.3 Å². The molecule has 0 N–H and O–H groups in total. The zero-order valence-corrected chi connectivity index (χ0v) is 7.43. The van der Waals surface area contributed by atoms with Crippen molar-refractivity contribution in [1.29, 1.82) is 0 Å². The van der Waals surface area contributed by atoms with E-state index in [4.69, 9.17) is 23.2 Å². The predicted octanol–water partition coefficient (Wildman–Crippen LogP) is 1.70. The summed E-state index contributed by atoms with van der Waals surface area (Å²) >= 11 is 11.0. The second-order valence-corrected chi connectivity index (χ2v) is 3.09. The van der Waals surface area contributed by atoms with Gasteiger partial charge in [0.15, 0.2) is 0 Å². The van der Waals surface area contributed by atoms with Gasteiger partial charge in [0.1, 0.15) is 6.04 Å². The Kier molecular flexibility index (Phi) is 2.58. The molecule has 4 heteroatoms. The Hall–Kier alpha value is -0.470. The van der Waals surface area contributed by atoms with E-state index in [1.807, 2.05) is 0 Å². The summed E-state index contributed by atoms with van der Waals surface area (Å²) in [6, 6.07) is -0.422. The van der Waals surface area contributed by atoms with E-state index in [1.54, 1.807) is 30.3 Å². The summed E-state index contributed by atoms with van der Waals surface area (Å²) in [5, 5.41) is 0.122. The van der Waals surface area contributed by atoms with Gasteiger partial charge in [-0.1, -0.05) is 11.6 Å². The zero-order chi connectivity index (χ0) is 8.43. The first kappa shape index (κ1) is 8.62. The smallest absolute Gasteiger partial charge is 0.248 e. The molecule has 1 heterocycles. The van der Waals surface area contributed by atoms with Gasteiger partial charge in [0.2, 0.25) is 5.24 Å². The van der Waals surface area contributed by atoms with Crippen LogP contribution in [0.5, 0.6) is 0 Å². The highest BCUT2D eigenvalue weighted by atomic mass is 35.5. The van der Waals surface area contributed by atoms with Crippen LogP contribution in [0, 0.1) is 0 Å². The fraction of sp³-hybridized carbons (Fsp3) is 0.286. The van der Waals surface area contributed by atoms with E-state index in [0.29, 0.717) is 5.03 Å². The molecule has 1 rings (SSSR count). The molecular weight excluding hydrogens is 185 g/mol. The number of nitrogens with zero attached hydrogens (tertiary/aromatic N) is 1. The van der Waals surface area contributed by atoms with Crippen LogP contribution in [0.2, 0.25) is 0 Å². The monoisotopic (exact) mass is 191 g/mol. The molecule has 60 valence electrons. The molecule has 0 aromatic carbocycles. The third-order valence-electron chi connectivity index (χ3n) is 1.46. The second-order valence-electron chi connectivity index (χ2n) is 2.28. The van der Waals surface area contributed by atoms with Gasteiger partial charge in [-0.25, -0.2) is 0 Å². The van der Waals surface area contributed by atoms with Gasteiger partial charge in [-0.15, -0.1) is 0 Å². The van der Waals surface area contributed by atoms with Crippen LogP contribution in [0.1, 0.15) is 0 Å². The van der Waals surface area contributed by atoms with Gasteiger partial charge in [0.05, 0.1) is 0 Å². The molecule has 0 fully saturated rings. The van der Waals surface area contributed by atoms with Crippen molar-refractivity contribution in [2.75, 3.05) is 7.05 Å². The molecule has 0 aromatic heterocycles. The predicted molar refractivity (Wildman–Crippen MR) is 45.5 cm³/mol. The highest BCUT2D eigenvalue weighted by Crippen LogP contribution is 2.16. The third kappa shape index (κ3) is 1.98. The Labute approximate surface area is 75.1 Å². The first-order chi connectivity index (χ1) is 5.11. The van der Waals surface area contributed by atoms with E-state index in [0.717, 1.165) is 0 Å². The summed E-state index contributed by atoms with van der Waals surface area (Å²) in [6.45, 7) is 0. The molecule has 11 heavy (non-hydrogen) atoms. The van der Waals surface area contributed by atoms with E-state index in [1.165, 1.54) is 0 Å². The highest BCUT2D eigenvalue weighted by molar-refractivity contribution is 6.65. The van der Waals surface area contributed by atoms with Crippen molar-refractivity contribution in [2.24, 2.45) is 0 Å². The van der Waals surface area contributed by atoms with Crippen molar-refractivity contribution in [2.45, 2.75) is 6.04 Å². The molecule has 0 spiro atoms. The van der Waals surface area contributed by atoms with Gasteiger partial charge < -0.3 is 4.90 Å². The summed E-state index contributed by atoms with van der Waals surface area (Å²) in [5.74, 6) is 0. The summed E-state index contributed by atoms with van der Waals surface area (Å²) in [5.41, 5.74) is 0. The average molecular weight is 192 g/mol. The highest BCUT2D eigenvalue weighted by Gasteiger charge is 2.19. The van der Waals surface area contributed by atoms with Gasteiger partial charge in [0.25, 0.3) is 0 Å². The first-order valence-corrected chi connectivity index (χ1v) is 3.83. The molecule has 1 unspecified atom stereocenters. The molecule has 0 saturated carbocycles. The number of allylic oxidation sites excluding steroid dienone is 2. The van der Waals surface area contributed by atoms with Crippen LogP contribution in [0.25, 0.3) is 0 Å². The maximum absolute atomic E-state index is 10.7. The summed E-state index contributed by atoms with van der Waals surface area (Å²) in [6.07, 6.45) is 5.03. The maximum atomic E-state index is 10.7. The number of carbonyl (C=O) groups excluding carboxylic acids is 1. The average Bonchev–Trinajstić information content (AvgIpc) is 1.94. The molecule has 0 saturated heterocycles. The first-order valence-electron chi connectivity index (χ1n) is 3.08. The lowest BCUT2D eigenvalue weighted by Gasteiger charge is -2.23. The Bertz CT molecular complexity index is 235. The number of rotatable bonds is 1. The number of halogens is 2. The fourth-order valence-electron chi connectivity index (χ4n) is 0.831. The largest absolute Gasteiger partial charge is 0.366 e. The van der Waals surface area contributed by atoms with Gasteiger partial charge >= 0.3 is 0 Å². The van der Waals surface area contributed by atoms with Crippen LogP contribution < -0.4 is 0 Å². The normalized spacial score (nSPS) is 23.4. The minimum absolute atomic E-state index is 0.421. The number of hydrogen-bond acceptors (Lipinski definition) is 2. The van der Waals surface area contributed by atoms with Crippen LogP contribution in [0.4, 0.5) is 0 Å². The Morgan fingerprint density at radius 2 is 2.36 bits per heavy atom. The number of carbonyl (C=O) groups is 1. The van der Waals surface area contributed by atoms with Crippen LogP contribution >= 0.6 is 23.2 Å². The lowest BCUT2D eigenvalue weighted by atomic mass is 10.2. The van der Waals surface area contributed by atoms with Crippen LogP contribution in [-0.4, -0.2) is 23.2 Å². The lowest BCUT2D eigenvalue weighted by Crippen LogP contribution is -2.32. The van der Waals surface area contributed by atoms with Crippen molar-refractivity contribution in [3.05, 3.63) is 23.4 Å². The minimum Gasteiger partial charge on any atom is -0.366 e. The second kappa shape index (κ2) is 3.28. The van der Waals surface area contributed by atoms with E-state index in [-0.39, 0.29) is 0 Å². The van der Waals surface area contributed by atoms with Gasteiger partial charge in [-0.3, -0.25) is 4.79 Å². The molecule has 0 radical (unpaired) electrons. The van der Waals surface area contributed by atoms with E-state index in [9.17, 15) is 4.79 Å². The molecule has 1 aliphatic heterocycles. The molecule has 0 amide bonds. The molecule has 1 atom stereocenters. The Morgan fingerprint density at radius 1 is 1.73 bits per heavy atom. The lowest BCUT2D eigenvalue weighted by molar-refractivity contribution is -0.114. The van der Waals surface area contributed by atoms with E-state index in [2.05, 4.69) is 0 Å². The molecule has 0 bridgehead atoms. The van der Waals surface area contributed by atoms with Crippen molar-refractivity contribution >= 4 is 28.4 Å². The summed E-state index contributed by atoms with van der Waals surface area (Å²) in [7, 11) is 1.77. The summed E-state index contributed by atoms with van der Waals surface area (Å²) < 4.78 is 0. The van der Waals surface area contributed by atoms with Crippen molar-refractivity contribution in [1.82, 2.24) is 4.90 Å². The van der Waals surface area contributed by atoms with E-state index >= 15 is 0 Å². The van der Waals surface area contributed by atoms with Gasteiger partial charge in [0, 0.05) is 18.3 Å². The standard InChI is InChI=1S/C7H7Cl2NO/c1-10-3-2-5(8)4-6(10)7(9)11/h2-4,6H,1H3. The topological polar surface area (TPSA) is 20.3 Å². The number of hydrogen-bond donors (Lipinski definition) is 0. The van der Waals surface area contributed by atoms with Crippen molar-refractivity contribution in [3.63, 3.8) is 0 Å². The molecule has 0 aromatic rings. The van der Waals surface area contributed by atoms with Gasteiger partial charge in [-0.2, -0.15) is 0 Å². The molecule has 0 aliphatic carbocycles.